The van der Waals surface area contributed by atoms with Crippen LogP contribution in [0.4, 0.5) is 13.2 Å². The fourth-order valence-electron chi connectivity index (χ4n) is 8.49. The van der Waals surface area contributed by atoms with Gasteiger partial charge in [-0.15, -0.1) is 0 Å². The quantitative estimate of drug-likeness (QED) is 0.0334. The number of amides is 10. The molecule has 1 fully saturated rings. The molecule has 6 atom stereocenters. The van der Waals surface area contributed by atoms with Gasteiger partial charge in [-0.05, 0) is 107 Å². The number of unbranched alkanes of at least 4 members (excludes halogenated alkanes) is 3. The van der Waals surface area contributed by atoms with E-state index in [4.69, 9.17) is 15.6 Å². The number of hydrazine groups is 1. The highest BCUT2D eigenvalue weighted by Gasteiger charge is 2.39. The van der Waals surface area contributed by atoms with Gasteiger partial charge in [-0.25, -0.2) is 4.79 Å². The maximum absolute atomic E-state index is 14.3. The number of likely N-dealkylation sites (tertiary alicyclic amines) is 1. The molecule has 1 saturated heterocycles. The number of hydrogen-bond acceptors (Lipinski definition) is 12. The lowest BCUT2D eigenvalue weighted by Crippen LogP contribution is -2.60. The van der Waals surface area contributed by atoms with Crippen LogP contribution in [0.3, 0.4) is 0 Å². The van der Waals surface area contributed by atoms with Crippen LogP contribution < -0.4 is 48.5 Å². The lowest BCUT2D eigenvalue weighted by atomic mass is 9.98. The maximum atomic E-state index is 14.3. The Labute approximate surface area is 464 Å². The summed E-state index contributed by atoms with van der Waals surface area (Å²) in [6, 6.07) is -6.10. The predicted octanol–water partition coefficient (Wildman–Crippen LogP) is 2.70. The molecule has 79 heavy (non-hydrogen) atoms. The van der Waals surface area contributed by atoms with Gasteiger partial charge in [0.15, 0.2) is 0 Å². The number of nitrogens with zero attached hydrogens (tertiary/aromatic N) is 2. The normalized spacial score (nSPS) is 15.2. The second-order valence-corrected chi connectivity index (χ2v) is 22.3. The number of carboxylic acids is 1. The van der Waals surface area contributed by atoms with Crippen molar-refractivity contribution in [3.8, 4) is 0 Å². The Morgan fingerprint density at radius 1 is 0.582 bits per heavy atom. The van der Waals surface area contributed by atoms with Gasteiger partial charge < -0.3 is 52.5 Å². The van der Waals surface area contributed by atoms with Crippen LogP contribution in [-0.2, 0) is 52.7 Å². The standard InChI is InChI=1S/C51H93N11O10.C2HF3O2/c1-31(2)25-38(54-45(66)30-61(23-17-15-21-52)51(72)42(29-35(9)10)58-50(71)43-19-18-24-62(43)37(12)64)46(67)55-39(26-32(3)4)47(68)56-40(27-33(5)6)48(69)57-41(28-34(7)8)49(70)60-59-44(65)20-14-13-16-22-53-36(11)63;3-2(4,5)1(6)7/h31-35,38-43H,13-30,52H2,1-12H3,(H,53,63)(H,54,66)(H,55,67)(H,56,68)(H,57,69)(H,58,71)(H,59,65)(H,60,70);(H,6,7)/t38-,39-,40-,41+,42-,43-;/m0./s1. The Morgan fingerprint density at radius 2 is 1.03 bits per heavy atom. The Kier molecular flexibility index (Phi) is 34.8. The number of halogens is 3. The summed E-state index contributed by atoms with van der Waals surface area (Å²) < 4.78 is 31.7. The molecule has 0 aromatic rings. The van der Waals surface area contributed by atoms with Gasteiger partial charge in [0, 0.05) is 39.9 Å². The van der Waals surface area contributed by atoms with Crippen molar-refractivity contribution in [1.82, 2.24) is 52.6 Å². The molecule has 0 saturated carbocycles. The summed E-state index contributed by atoms with van der Waals surface area (Å²) in [5.74, 6) is -7.92. The Morgan fingerprint density at radius 3 is 1.44 bits per heavy atom. The van der Waals surface area contributed by atoms with Gasteiger partial charge in [0.1, 0.15) is 36.3 Å². The van der Waals surface area contributed by atoms with Crippen molar-refractivity contribution in [2.45, 2.75) is 209 Å². The van der Waals surface area contributed by atoms with E-state index < -0.39 is 102 Å². The zero-order valence-corrected chi connectivity index (χ0v) is 48.6. The van der Waals surface area contributed by atoms with Crippen molar-refractivity contribution in [2.24, 2.45) is 35.3 Å². The third-order valence-electron chi connectivity index (χ3n) is 12.2. The number of nitrogens with one attached hydrogen (secondary N) is 8. The second-order valence-electron chi connectivity index (χ2n) is 22.3. The topological polar surface area (TPSA) is 337 Å². The van der Waals surface area contributed by atoms with Crippen molar-refractivity contribution in [3.05, 3.63) is 0 Å². The number of hydrogen-bond donors (Lipinski definition) is 10. The van der Waals surface area contributed by atoms with Crippen molar-refractivity contribution in [2.75, 3.05) is 32.7 Å². The van der Waals surface area contributed by atoms with Crippen molar-refractivity contribution >= 4 is 65.0 Å². The van der Waals surface area contributed by atoms with E-state index in [1.54, 1.807) is 0 Å². The van der Waals surface area contributed by atoms with Crippen LogP contribution in [0.1, 0.15) is 167 Å². The number of carboxylic acid groups (broad SMARTS) is 1. The van der Waals surface area contributed by atoms with Crippen molar-refractivity contribution < 1.29 is 71.0 Å². The summed E-state index contributed by atoms with van der Waals surface area (Å²) in [4.78, 5) is 145. The molecule has 10 amide bonds. The molecule has 23 nitrogen and oxygen atoms in total. The van der Waals surface area contributed by atoms with Gasteiger partial charge in [-0.2, -0.15) is 13.2 Å². The highest BCUT2D eigenvalue weighted by Crippen LogP contribution is 2.20. The van der Waals surface area contributed by atoms with E-state index in [0.717, 1.165) is 0 Å². The van der Waals surface area contributed by atoms with Crippen LogP contribution in [0.5, 0.6) is 0 Å². The third kappa shape index (κ3) is 31.9. The lowest BCUT2D eigenvalue weighted by Gasteiger charge is -2.31. The average molecular weight is 1130 g/mol. The summed E-state index contributed by atoms with van der Waals surface area (Å²) in [5, 5.41) is 23.9. The van der Waals surface area contributed by atoms with Crippen LogP contribution in [0.15, 0.2) is 0 Å². The summed E-state index contributed by atoms with van der Waals surface area (Å²) >= 11 is 0. The zero-order chi connectivity index (χ0) is 60.7. The molecule has 1 heterocycles. The molecule has 0 unspecified atom stereocenters. The molecule has 1 aliphatic heterocycles. The van der Waals surface area contributed by atoms with Crippen molar-refractivity contribution in [3.63, 3.8) is 0 Å². The van der Waals surface area contributed by atoms with Gasteiger partial charge in [0.05, 0.1) is 6.54 Å². The number of carbonyl (C=O) groups is 11. The van der Waals surface area contributed by atoms with E-state index in [9.17, 15) is 61.1 Å². The maximum Gasteiger partial charge on any atom is 0.490 e. The second kappa shape index (κ2) is 37.7. The summed E-state index contributed by atoms with van der Waals surface area (Å²) in [7, 11) is 0. The molecular formula is C53H94F3N11O12. The predicted molar refractivity (Wildman–Crippen MR) is 289 cm³/mol. The van der Waals surface area contributed by atoms with E-state index in [1.807, 2.05) is 69.2 Å². The minimum absolute atomic E-state index is 0.0127. The van der Waals surface area contributed by atoms with E-state index in [0.29, 0.717) is 64.6 Å². The molecule has 1 aliphatic rings. The van der Waals surface area contributed by atoms with Crippen molar-refractivity contribution in [1.29, 1.82) is 0 Å². The number of nitrogens with two attached hydrogens (primary N) is 1. The highest BCUT2D eigenvalue weighted by atomic mass is 19.4. The molecule has 0 bridgehead atoms. The number of alkyl halides is 3. The first-order valence-corrected chi connectivity index (χ1v) is 27.6. The van der Waals surface area contributed by atoms with Crippen LogP contribution in [0, 0.1) is 29.6 Å². The molecular weight excluding hydrogens is 1040 g/mol. The van der Waals surface area contributed by atoms with Gasteiger partial charge in [-0.1, -0.05) is 75.7 Å². The Hall–Kier alpha value is -6.08. The summed E-state index contributed by atoms with van der Waals surface area (Å²) in [6.45, 7) is 22.7. The minimum Gasteiger partial charge on any atom is -0.475 e. The fraction of sp³-hybridized carbons (Fsp3) is 0.792. The molecule has 1 rings (SSSR count). The smallest absolute Gasteiger partial charge is 0.475 e. The summed E-state index contributed by atoms with van der Waals surface area (Å²) in [6.07, 6.45) is 0.242. The molecule has 0 aliphatic carbocycles. The molecule has 0 spiro atoms. The largest absolute Gasteiger partial charge is 0.490 e. The molecule has 0 radical (unpaired) electrons. The third-order valence-corrected chi connectivity index (χ3v) is 12.2. The monoisotopic (exact) mass is 1130 g/mol. The van der Waals surface area contributed by atoms with Crippen LogP contribution in [-0.4, -0.2) is 155 Å². The first-order valence-electron chi connectivity index (χ1n) is 27.6. The molecule has 0 aromatic carbocycles. The lowest BCUT2D eigenvalue weighted by molar-refractivity contribution is -0.192. The van der Waals surface area contributed by atoms with Crippen LogP contribution >= 0.6 is 0 Å². The van der Waals surface area contributed by atoms with Crippen LogP contribution in [0.25, 0.3) is 0 Å². The first kappa shape index (κ1) is 72.9. The minimum atomic E-state index is -5.08. The van der Waals surface area contributed by atoms with Gasteiger partial charge in [-0.3, -0.25) is 58.8 Å². The SMILES string of the molecule is CC(=O)NCCCCCC(=O)NNC(=O)[C@@H](CC(C)C)NC(=O)[C@H](CC(C)C)NC(=O)[C@H](CC(C)C)NC(=O)[C@H](CC(C)C)NC(=O)CN(CCCCN)C(=O)[C@H](CC(C)C)NC(=O)[C@@H]1CCCN1C(C)=O.O=C(O)C(F)(F)F. The number of rotatable bonds is 33. The number of carbonyl (C=O) groups excluding carboxylic acids is 10. The Bertz CT molecular complexity index is 1990. The van der Waals surface area contributed by atoms with E-state index in [-0.39, 0.29) is 86.5 Å². The molecule has 0 aromatic heterocycles. The van der Waals surface area contributed by atoms with Gasteiger partial charge in [0.2, 0.25) is 53.2 Å². The van der Waals surface area contributed by atoms with E-state index >= 15 is 0 Å². The van der Waals surface area contributed by atoms with Gasteiger partial charge >= 0.3 is 12.1 Å². The summed E-state index contributed by atoms with van der Waals surface area (Å²) in [5.41, 5.74) is 10.6. The molecule has 11 N–H and O–H groups in total. The first-order chi connectivity index (χ1) is 36.7. The fourth-order valence-corrected chi connectivity index (χ4v) is 8.49. The Balaban J connectivity index is 0.00000809. The van der Waals surface area contributed by atoms with E-state index in [1.165, 1.54) is 23.6 Å². The highest BCUT2D eigenvalue weighted by molar-refractivity contribution is 5.97. The molecule has 26 heteroatoms. The zero-order valence-electron chi connectivity index (χ0n) is 48.6. The average Bonchev–Trinajstić information content (AvgIpc) is 3.83. The van der Waals surface area contributed by atoms with E-state index in [2.05, 4.69) is 42.8 Å². The number of aliphatic carboxylic acids is 1. The molecule has 454 valence electrons. The van der Waals surface area contributed by atoms with Crippen LogP contribution in [0.2, 0.25) is 0 Å². The van der Waals surface area contributed by atoms with Gasteiger partial charge in [0.25, 0.3) is 5.91 Å².